The van der Waals surface area contributed by atoms with E-state index in [-0.39, 0.29) is 0 Å². The molecular formula is C12H12O. The summed E-state index contributed by atoms with van der Waals surface area (Å²) in [6, 6.07) is 8.38. The van der Waals surface area contributed by atoms with E-state index in [9.17, 15) is 0 Å². The third kappa shape index (κ3) is 0.998. The van der Waals surface area contributed by atoms with Crippen molar-refractivity contribution in [1.29, 1.82) is 0 Å². The number of hydrogen-bond acceptors (Lipinski definition) is 1. The van der Waals surface area contributed by atoms with Gasteiger partial charge in [-0.25, -0.2) is 0 Å². The second kappa shape index (κ2) is 2.63. The van der Waals surface area contributed by atoms with E-state index in [0.717, 1.165) is 18.6 Å². The second-order valence-electron chi connectivity index (χ2n) is 3.73. The van der Waals surface area contributed by atoms with E-state index in [1.54, 1.807) is 0 Å². The third-order valence-electron chi connectivity index (χ3n) is 2.92. The van der Waals surface area contributed by atoms with Gasteiger partial charge in [0.15, 0.2) is 0 Å². The van der Waals surface area contributed by atoms with E-state index in [2.05, 4.69) is 30.4 Å². The van der Waals surface area contributed by atoms with Gasteiger partial charge in [-0.15, -0.1) is 0 Å². The highest BCUT2D eigenvalue weighted by atomic mass is 16.5. The van der Waals surface area contributed by atoms with Crippen molar-refractivity contribution >= 4 is 0 Å². The second-order valence-corrected chi connectivity index (χ2v) is 3.73. The van der Waals surface area contributed by atoms with Gasteiger partial charge in [-0.05, 0) is 18.9 Å². The van der Waals surface area contributed by atoms with Gasteiger partial charge in [0.1, 0.15) is 11.9 Å². The number of benzene rings is 1. The molecule has 0 unspecified atom stereocenters. The lowest BCUT2D eigenvalue weighted by atomic mass is 9.89. The van der Waals surface area contributed by atoms with E-state index < -0.39 is 0 Å². The smallest absolute Gasteiger partial charge is 0.123 e. The van der Waals surface area contributed by atoms with Gasteiger partial charge in [-0.1, -0.05) is 30.4 Å². The molecule has 1 aliphatic carbocycles. The molecule has 0 saturated carbocycles. The fourth-order valence-electron chi connectivity index (χ4n) is 2.27. The van der Waals surface area contributed by atoms with E-state index in [1.165, 1.54) is 5.56 Å². The van der Waals surface area contributed by atoms with E-state index >= 15 is 0 Å². The molecule has 1 nitrogen and oxygen atoms in total. The van der Waals surface area contributed by atoms with Gasteiger partial charge in [-0.3, -0.25) is 0 Å². The average molecular weight is 172 g/mol. The SMILES string of the molecule is C1=C[C@H]2c3ccccc3O[C@H]2CC1. The van der Waals surface area contributed by atoms with Crippen LogP contribution in [0.2, 0.25) is 0 Å². The summed E-state index contributed by atoms with van der Waals surface area (Å²) in [7, 11) is 0. The Morgan fingerprint density at radius 1 is 1.23 bits per heavy atom. The molecule has 3 rings (SSSR count). The molecule has 1 heteroatoms. The normalized spacial score (nSPS) is 29.2. The van der Waals surface area contributed by atoms with Crippen LogP contribution in [0.5, 0.6) is 5.75 Å². The fourth-order valence-corrected chi connectivity index (χ4v) is 2.27. The maximum absolute atomic E-state index is 5.86. The molecule has 0 bridgehead atoms. The summed E-state index contributed by atoms with van der Waals surface area (Å²) in [5.41, 5.74) is 1.36. The number of fused-ring (bicyclic) bond motifs is 3. The minimum atomic E-state index is 0.405. The van der Waals surface area contributed by atoms with Gasteiger partial charge >= 0.3 is 0 Å². The molecule has 1 aromatic carbocycles. The number of ether oxygens (including phenoxy) is 1. The predicted octanol–water partition coefficient (Wildman–Crippen LogP) is 2.88. The topological polar surface area (TPSA) is 9.23 Å². The number of rotatable bonds is 0. The molecule has 2 atom stereocenters. The molecule has 0 amide bonds. The lowest BCUT2D eigenvalue weighted by Crippen LogP contribution is -2.19. The Bertz CT molecular complexity index is 354. The largest absolute Gasteiger partial charge is 0.489 e. The van der Waals surface area contributed by atoms with Gasteiger partial charge in [0, 0.05) is 11.5 Å². The zero-order valence-electron chi connectivity index (χ0n) is 7.44. The third-order valence-corrected chi connectivity index (χ3v) is 2.92. The van der Waals surface area contributed by atoms with Crippen LogP contribution in [0.3, 0.4) is 0 Å². The molecule has 1 heterocycles. The van der Waals surface area contributed by atoms with Crippen LogP contribution in [0.4, 0.5) is 0 Å². The Kier molecular flexibility index (Phi) is 1.45. The number of allylic oxidation sites excluding steroid dienone is 1. The van der Waals surface area contributed by atoms with Gasteiger partial charge in [0.2, 0.25) is 0 Å². The van der Waals surface area contributed by atoms with E-state index in [1.807, 2.05) is 6.07 Å². The highest BCUT2D eigenvalue weighted by Gasteiger charge is 2.32. The lowest BCUT2D eigenvalue weighted by Gasteiger charge is -2.18. The number of para-hydroxylation sites is 1. The summed E-state index contributed by atoms with van der Waals surface area (Å²) >= 11 is 0. The lowest BCUT2D eigenvalue weighted by molar-refractivity contribution is 0.204. The van der Waals surface area contributed by atoms with Crippen molar-refractivity contribution in [2.24, 2.45) is 0 Å². The Morgan fingerprint density at radius 2 is 2.15 bits per heavy atom. The quantitative estimate of drug-likeness (QED) is 0.547. The molecule has 1 aromatic rings. The molecule has 0 radical (unpaired) electrons. The zero-order valence-corrected chi connectivity index (χ0v) is 7.44. The highest BCUT2D eigenvalue weighted by Crippen LogP contribution is 2.42. The van der Waals surface area contributed by atoms with Crippen molar-refractivity contribution in [3.8, 4) is 5.75 Å². The maximum Gasteiger partial charge on any atom is 0.123 e. The summed E-state index contributed by atoms with van der Waals surface area (Å²) in [6.45, 7) is 0. The van der Waals surface area contributed by atoms with Crippen LogP contribution in [-0.4, -0.2) is 6.10 Å². The van der Waals surface area contributed by atoms with Crippen LogP contribution < -0.4 is 4.74 Å². The Morgan fingerprint density at radius 3 is 3.15 bits per heavy atom. The fraction of sp³-hybridized carbons (Fsp3) is 0.333. The summed E-state index contributed by atoms with van der Waals surface area (Å²) in [5, 5.41) is 0. The average Bonchev–Trinajstić information content (AvgIpc) is 2.56. The van der Waals surface area contributed by atoms with Crippen LogP contribution in [-0.2, 0) is 0 Å². The van der Waals surface area contributed by atoms with Crippen molar-refractivity contribution in [3.05, 3.63) is 42.0 Å². The van der Waals surface area contributed by atoms with Crippen molar-refractivity contribution in [2.75, 3.05) is 0 Å². The minimum Gasteiger partial charge on any atom is -0.489 e. The highest BCUT2D eigenvalue weighted by molar-refractivity contribution is 5.44. The van der Waals surface area contributed by atoms with Gasteiger partial charge in [0.25, 0.3) is 0 Å². The molecule has 2 aliphatic rings. The monoisotopic (exact) mass is 172 g/mol. The summed E-state index contributed by atoms with van der Waals surface area (Å²) in [4.78, 5) is 0. The zero-order chi connectivity index (χ0) is 8.67. The predicted molar refractivity (Wildman–Crippen MR) is 52.0 cm³/mol. The number of hydrogen-bond donors (Lipinski definition) is 0. The molecule has 66 valence electrons. The Balaban J connectivity index is 2.09. The van der Waals surface area contributed by atoms with Crippen molar-refractivity contribution in [1.82, 2.24) is 0 Å². The first-order valence-corrected chi connectivity index (χ1v) is 4.87. The van der Waals surface area contributed by atoms with Crippen LogP contribution in [0, 0.1) is 0 Å². The van der Waals surface area contributed by atoms with Crippen LogP contribution >= 0.6 is 0 Å². The molecule has 0 N–H and O–H groups in total. The van der Waals surface area contributed by atoms with Gasteiger partial charge in [-0.2, -0.15) is 0 Å². The van der Waals surface area contributed by atoms with Crippen LogP contribution in [0.1, 0.15) is 24.3 Å². The molecule has 13 heavy (non-hydrogen) atoms. The van der Waals surface area contributed by atoms with Crippen molar-refractivity contribution < 1.29 is 4.74 Å². The molecule has 0 saturated heterocycles. The molecular weight excluding hydrogens is 160 g/mol. The summed E-state index contributed by atoms with van der Waals surface area (Å²) < 4.78 is 5.86. The Hall–Kier alpha value is -1.24. The van der Waals surface area contributed by atoms with E-state index in [0.29, 0.717) is 12.0 Å². The van der Waals surface area contributed by atoms with Crippen LogP contribution in [0.25, 0.3) is 0 Å². The van der Waals surface area contributed by atoms with Crippen molar-refractivity contribution in [3.63, 3.8) is 0 Å². The minimum absolute atomic E-state index is 0.405. The summed E-state index contributed by atoms with van der Waals surface area (Å²) in [6.07, 6.45) is 7.29. The molecule has 0 aromatic heterocycles. The first-order chi connectivity index (χ1) is 6.45. The molecule has 0 spiro atoms. The van der Waals surface area contributed by atoms with Gasteiger partial charge < -0.3 is 4.74 Å². The van der Waals surface area contributed by atoms with Crippen molar-refractivity contribution in [2.45, 2.75) is 24.9 Å². The van der Waals surface area contributed by atoms with Gasteiger partial charge in [0.05, 0.1) is 0 Å². The standard InChI is InChI=1S/C12H12O/c1-3-7-11-9(5-1)10-6-2-4-8-12(10)13-11/h1-3,5-7,10,12H,4,8H2/t10-,12-/m0/s1. The maximum atomic E-state index is 5.86. The molecule has 1 aliphatic heterocycles. The van der Waals surface area contributed by atoms with Crippen LogP contribution in [0.15, 0.2) is 36.4 Å². The molecule has 0 fully saturated rings. The Labute approximate surface area is 78.0 Å². The summed E-state index contributed by atoms with van der Waals surface area (Å²) in [5.74, 6) is 1.61. The first-order valence-electron chi connectivity index (χ1n) is 4.87. The van der Waals surface area contributed by atoms with E-state index in [4.69, 9.17) is 4.74 Å². The first kappa shape index (κ1) is 7.19.